The lowest BCUT2D eigenvalue weighted by Crippen LogP contribution is -2.46. The van der Waals surface area contributed by atoms with Crippen molar-refractivity contribution in [2.75, 3.05) is 0 Å². The van der Waals surface area contributed by atoms with Gasteiger partial charge in [-0.2, -0.15) is 0 Å². The predicted molar refractivity (Wildman–Crippen MR) is 83.6 cm³/mol. The van der Waals surface area contributed by atoms with Crippen molar-refractivity contribution in [3.8, 4) is 0 Å². The van der Waals surface area contributed by atoms with Gasteiger partial charge in [0.2, 0.25) is 0 Å². The number of carbonyl (C=O) groups is 2. The molecule has 23 heavy (non-hydrogen) atoms. The van der Waals surface area contributed by atoms with Gasteiger partial charge in [-0.25, -0.2) is 4.79 Å². The molecule has 1 aliphatic rings. The second kappa shape index (κ2) is 7.41. The number of benzene rings is 1. The van der Waals surface area contributed by atoms with Crippen molar-refractivity contribution in [3.05, 3.63) is 38.9 Å². The highest BCUT2D eigenvalue weighted by Gasteiger charge is 2.32. The minimum absolute atomic E-state index is 0.135. The number of amides is 1. The number of carbonyl (C=O) groups excluding carboxylic acids is 1. The molecule has 0 saturated heterocycles. The predicted octanol–water partition coefficient (Wildman–Crippen LogP) is 3.01. The third-order valence-electron chi connectivity index (χ3n) is 4.07. The number of hydrogen-bond acceptors (Lipinski definition) is 4. The average molecular weight is 341 g/mol. The lowest BCUT2D eigenvalue weighted by Gasteiger charge is -2.28. The summed E-state index contributed by atoms with van der Waals surface area (Å²) in [5, 5.41) is 23.0. The first-order valence-corrected chi connectivity index (χ1v) is 7.75. The number of aliphatic carboxylic acids is 1. The van der Waals surface area contributed by atoms with Crippen LogP contribution in [0.5, 0.6) is 0 Å². The van der Waals surface area contributed by atoms with E-state index in [1.165, 1.54) is 12.1 Å². The van der Waals surface area contributed by atoms with Gasteiger partial charge in [-0.05, 0) is 30.9 Å². The zero-order valence-electron chi connectivity index (χ0n) is 12.3. The Morgan fingerprint density at radius 3 is 2.52 bits per heavy atom. The van der Waals surface area contributed by atoms with Gasteiger partial charge in [0.05, 0.1) is 4.92 Å². The molecule has 0 aromatic heterocycles. The molecule has 0 aliphatic heterocycles. The molecule has 1 saturated carbocycles. The van der Waals surface area contributed by atoms with Crippen LogP contribution in [-0.2, 0) is 4.79 Å². The highest BCUT2D eigenvalue weighted by molar-refractivity contribution is 6.31. The fourth-order valence-corrected chi connectivity index (χ4v) is 3.08. The van der Waals surface area contributed by atoms with Crippen LogP contribution in [0, 0.1) is 16.0 Å². The van der Waals surface area contributed by atoms with E-state index in [1.807, 2.05) is 0 Å². The SMILES string of the molecule is O=C(NC(C(=O)O)C1CCCCC1)c1ccc(Cl)cc1[N+](=O)[O-]. The number of hydrogen-bond donors (Lipinski definition) is 2. The molecule has 7 nitrogen and oxygen atoms in total. The van der Waals surface area contributed by atoms with Gasteiger partial charge in [-0.3, -0.25) is 14.9 Å². The maximum atomic E-state index is 12.3. The minimum Gasteiger partial charge on any atom is -0.480 e. The molecule has 124 valence electrons. The van der Waals surface area contributed by atoms with E-state index in [-0.39, 0.29) is 16.5 Å². The molecule has 1 aromatic rings. The summed E-state index contributed by atoms with van der Waals surface area (Å²) in [5.41, 5.74) is -0.635. The third kappa shape index (κ3) is 4.19. The summed E-state index contributed by atoms with van der Waals surface area (Å²) >= 11 is 5.71. The van der Waals surface area contributed by atoms with Gasteiger partial charge in [-0.15, -0.1) is 0 Å². The minimum atomic E-state index is -1.12. The fraction of sp³-hybridized carbons (Fsp3) is 0.467. The van der Waals surface area contributed by atoms with Gasteiger partial charge < -0.3 is 10.4 Å². The summed E-state index contributed by atoms with van der Waals surface area (Å²) in [6.45, 7) is 0. The number of carboxylic acid groups (broad SMARTS) is 1. The summed E-state index contributed by atoms with van der Waals surface area (Å²) in [6, 6.07) is 2.63. The van der Waals surface area contributed by atoms with Crippen LogP contribution < -0.4 is 5.32 Å². The first kappa shape index (κ1) is 17.2. The Bertz CT molecular complexity index is 628. The largest absolute Gasteiger partial charge is 0.480 e. The van der Waals surface area contributed by atoms with E-state index in [1.54, 1.807) is 0 Å². The molecule has 1 atom stereocenters. The lowest BCUT2D eigenvalue weighted by atomic mass is 9.84. The van der Waals surface area contributed by atoms with E-state index in [0.717, 1.165) is 38.2 Å². The monoisotopic (exact) mass is 340 g/mol. The third-order valence-corrected chi connectivity index (χ3v) is 4.31. The van der Waals surface area contributed by atoms with Crippen molar-refractivity contribution in [1.82, 2.24) is 5.32 Å². The molecule has 1 fully saturated rings. The zero-order chi connectivity index (χ0) is 17.0. The summed E-state index contributed by atoms with van der Waals surface area (Å²) in [5.74, 6) is -2.05. The number of nitrogens with zero attached hydrogens (tertiary/aromatic N) is 1. The average Bonchev–Trinajstić information content (AvgIpc) is 2.52. The van der Waals surface area contributed by atoms with Crippen molar-refractivity contribution in [2.45, 2.75) is 38.1 Å². The standard InChI is InChI=1S/C15H17ClN2O5/c16-10-6-7-11(12(8-10)18(22)23)14(19)17-13(15(20)21)9-4-2-1-3-5-9/h6-9,13H,1-5H2,(H,17,19)(H,20,21). The summed E-state index contributed by atoms with van der Waals surface area (Å²) in [7, 11) is 0. The molecule has 0 heterocycles. The number of halogens is 1. The molecule has 0 radical (unpaired) electrons. The van der Waals surface area contributed by atoms with Crippen LogP contribution in [0.3, 0.4) is 0 Å². The molecule has 0 bridgehead atoms. The van der Waals surface area contributed by atoms with Gasteiger partial charge in [0.1, 0.15) is 11.6 Å². The van der Waals surface area contributed by atoms with Crippen LogP contribution in [0.15, 0.2) is 18.2 Å². The first-order chi connectivity index (χ1) is 10.9. The van der Waals surface area contributed by atoms with E-state index in [0.29, 0.717) is 0 Å². The summed E-state index contributed by atoms with van der Waals surface area (Å²) in [4.78, 5) is 34.1. The van der Waals surface area contributed by atoms with Crippen molar-refractivity contribution in [2.24, 2.45) is 5.92 Å². The zero-order valence-corrected chi connectivity index (χ0v) is 13.1. The second-order valence-electron chi connectivity index (χ2n) is 5.61. The Balaban J connectivity index is 2.22. The van der Waals surface area contributed by atoms with Crippen LogP contribution in [0.25, 0.3) is 0 Å². The van der Waals surface area contributed by atoms with Crippen LogP contribution in [0.2, 0.25) is 5.02 Å². The number of rotatable bonds is 5. The maximum absolute atomic E-state index is 12.3. The van der Waals surface area contributed by atoms with E-state index in [4.69, 9.17) is 11.6 Å². The maximum Gasteiger partial charge on any atom is 0.326 e. The summed E-state index contributed by atoms with van der Waals surface area (Å²) < 4.78 is 0. The number of nitro benzene ring substituents is 1. The van der Waals surface area contributed by atoms with Crippen LogP contribution in [0.1, 0.15) is 42.5 Å². The van der Waals surface area contributed by atoms with Crippen molar-refractivity contribution in [3.63, 3.8) is 0 Å². The Morgan fingerprint density at radius 2 is 1.96 bits per heavy atom. The quantitative estimate of drug-likeness (QED) is 0.632. The number of nitro groups is 1. The normalized spacial score (nSPS) is 16.6. The molecular weight excluding hydrogens is 324 g/mol. The molecular formula is C15H17ClN2O5. The lowest BCUT2D eigenvalue weighted by molar-refractivity contribution is -0.385. The van der Waals surface area contributed by atoms with E-state index < -0.39 is 28.5 Å². The first-order valence-electron chi connectivity index (χ1n) is 7.37. The van der Waals surface area contributed by atoms with Gasteiger partial charge in [0.25, 0.3) is 11.6 Å². The van der Waals surface area contributed by atoms with E-state index >= 15 is 0 Å². The molecule has 1 unspecified atom stereocenters. The molecule has 1 aromatic carbocycles. The molecule has 1 amide bonds. The highest BCUT2D eigenvalue weighted by Crippen LogP contribution is 2.28. The smallest absolute Gasteiger partial charge is 0.326 e. The van der Waals surface area contributed by atoms with Gasteiger partial charge >= 0.3 is 5.97 Å². The van der Waals surface area contributed by atoms with Gasteiger partial charge in [0.15, 0.2) is 0 Å². The second-order valence-corrected chi connectivity index (χ2v) is 6.04. The number of nitrogens with one attached hydrogen (secondary N) is 1. The molecule has 1 aliphatic carbocycles. The topological polar surface area (TPSA) is 110 Å². The van der Waals surface area contributed by atoms with E-state index in [9.17, 15) is 24.8 Å². The number of carboxylic acids is 1. The molecule has 2 N–H and O–H groups in total. The summed E-state index contributed by atoms with van der Waals surface area (Å²) in [6.07, 6.45) is 4.34. The molecule has 0 spiro atoms. The Kier molecular flexibility index (Phi) is 5.54. The Morgan fingerprint density at radius 1 is 1.30 bits per heavy atom. The molecule has 8 heteroatoms. The van der Waals surface area contributed by atoms with Gasteiger partial charge in [-0.1, -0.05) is 30.9 Å². The van der Waals surface area contributed by atoms with Crippen LogP contribution in [0.4, 0.5) is 5.69 Å². The van der Waals surface area contributed by atoms with Gasteiger partial charge in [0, 0.05) is 11.1 Å². The molecule has 2 rings (SSSR count). The van der Waals surface area contributed by atoms with E-state index in [2.05, 4.69) is 5.32 Å². The Labute approximate surface area is 137 Å². The van der Waals surface area contributed by atoms with Crippen LogP contribution in [-0.4, -0.2) is 27.9 Å². The van der Waals surface area contributed by atoms with Crippen LogP contribution >= 0.6 is 11.6 Å². The van der Waals surface area contributed by atoms with Crippen molar-refractivity contribution < 1.29 is 19.6 Å². The van der Waals surface area contributed by atoms with Crippen molar-refractivity contribution in [1.29, 1.82) is 0 Å². The fourth-order valence-electron chi connectivity index (χ4n) is 2.92. The Hall–Kier alpha value is -2.15. The highest BCUT2D eigenvalue weighted by atomic mass is 35.5. The van der Waals surface area contributed by atoms with Crippen molar-refractivity contribution >= 4 is 29.2 Å².